The average molecular weight is 220 g/mol. The zero-order chi connectivity index (χ0) is 8.97. The lowest BCUT2D eigenvalue weighted by atomic mass is 10.4. The summed E-state index contributed by atoms with van der Waals surface area (Å²) in [6.07, 6.45) is 1.79. The molecule has 1 aromatic rings. The summed E-state index contributed by atoms with van der Waals surface area (Å²) in [5.41, 5.74) is 0. The Morgan fingerprint density at radius 2 is 2.08 bits per heavy atom. The predicted octanol–water partition coefficient (Wildman–Crippen LogP) is 3.20. The van der Waals surface area contributed by atoms with Crippen molar-refractivity contribution in [3.63, 3.8) is 0 Å². The van der Waals surface area contributed by atoms with Crippen molar-refractivity contribution >= 4 is 41.2 Å². The molecule has 4 heteroatoms. The summed E-state index contributed by atoms with van der Waals surface area (Å²) < 4.78 is 0. The van der Waals surface area contributed by atoms with Crippen molar-refractivity contribution in [2.45, 2.75) is 4.90 Å². The van der Waals surface area contributed by atoms with Crippen LogP contribution in [0.1, 0.15) is 0 Å². The second kappa shape index (κ2) is 4.75. The van der Waals surface area contributed by atoms with Crippen molar-refractivity contribution < 1.29 is 4.79 Å². The molecule has 0 aliphatic heterocycles. The van der Waals surface area contributed by atoms with Crippen LogP contribution in [0.15, 0.2) is 23.1 Å². The Kier molecular flexibility index (Phi) is 3.92. The minimum absolute atomic E-state index is 0.317. The van der Waals surface area contributed by atoms with Crippen LogP contribution in [-0.4, -0.2) is 12.0 Å². The van der Waals surface area contributed by atoms with E-state index in [1.165, 1.54) is 11.8 Å². The van der Waals surface area contributed by atoms with E-state index >= 15 is 0 Å². The van der Waals surface area contributed by atoms with Crippen LogP contribution in [0.5, 0.6) is 0 Å². The highest BCUT2D eigenvalue weighted by Gasteiger charge is 1.99. The van der Waals surface area contributed by atoms with Gasteiger partial charge in [-0.1, -0.05) is 23.2 Å². The Balaban J connectivity index is 2.75. The molecule has 0 aliphatic carbocycles. The predicted molar refractivity (Wildman–Crippen MR) is 52.9 cm³/mol. The van der Waals surface area contributed by atoms with Crippen LogP contribution in [0.3, 0.4) is 0 Å². The lowest BCUT2D eigenvalue weighted by Gasteiger charge is -1.98. The molecule has 0 spiro atoms. The number of rotatable bonds is 3. The molecule has 1 radical (unpaired) electrons. The minimum Gasteiger partial charge on any atom is -0.290 e. The van der Waals surface area contributed by atoms with Crippen LogP contribution in [0.4, 0.5) is 0 Å². The Morgan fingerprint density at radius 3 is 2.67 bits per heavy atom. The van der Waals surface area contributed by atoms with Gasteiger partial charge in [0.15, 0.2) is 0 Å². The fraction of sp³-hybridized carbons (Fsp3) is 0.125. The van der Waals surface area contributed by atoms with E-state index < -0.39 is 0 Å². The van der Waals surface area contributed by atoms with E-state index in [2.05, 4.69) is 0 Å². The van der Waals surface area contributed by atoms with E-state index in [1.807, 2.05) is 6.07 Å². The van der Waals surface area contributed by atoms with Gasteiger partial charge in [0.05, 0.1) is 15.8 Å². The summed E-state index contributed by atoms with van der Waals surface area (Å²) >= 11 is 12.8. The fourth-order valence-electron chi connectivity index (χ4n) is 0.679. The molecule has 0 bridgehead atoms. The number of benzene rings is 1. The smallest absolute Gasteiger partial charge is 0.209 e. The van der Waals surface area contributed by atoms with Crippen LogP contribution < -0.4 is 0 Å². The zero-order valence-electron chi connectivity index (χ0n) is 6.01. The monoisotopic (exact) mass is 219 g/mol. The molecular formula is C8H5Cl2OS. The largest absolute Gasteiger partial charge is 0.290 e. The van der Waals surface area contributed by atoms with Crippen LogP contribution >= 0.6 is 35.0 Å². The van der Waals surface area contributed by atoms with Crippen molar-refractivity contribution in [3.05, 3.63) is 28.2 Å². The number of carbonyl (C=O) groups excluding carboxylic acids is 1. The van der Waals surface area contributed by atoms with Gasteiger partial charge in [0.1, 0.15) is 0 Å². The van der Waals surface area contributed by atoms with Crippen molar-refractivity contribution in [1.82, 2.24) is 0 Å². The first kappa shape index (κ1) is 9.90. The van der Waals surface area contributed by atoms with Gasteiger partial charge < -0.3 is 0 Å². The maximum absolute atomic E-state index is 9.93. The fourth-order valence-corrected chi connectivity index (χ4v) is 1.63. The molecule has 0 unspecified atom stereocenters. The first-order chi connectivity index (χ1) is 5.74. The first-order valence-electron chi connectivity index (χ1n) is 3.17. The molecule has 1 aromatic carbocycles. The van der Waals surface area contributed by atoms with Gasteiger partial charge >= 0.3 is 0 Å². The summed E-state index contributed by atoms with van der Waals surface area (Å²) in [5.74, 6) is 0.317. The molecule has 0 aliphatic rings. The molecule has 0 aromatic heterocycles. The lowest BCUT2D eigenvalue weighted by Crippen LogP contribution is -1.79. The van der Waals surface area contributed by atoms with Gasteiger partial charge in [0.25, 0.3) is 0 Å². The second-order valence-corrected chi connectivity index (χ2v) is 3.87. The van der Waals surface area contributed by atoms with Gasteiger partial charge in [-0.2, -0.15) is 0 Å². The summed E-state index contributed by atoms with van der Waals surface area (Å²) in [7, 11) is 0. The van der Waals surface area contributed by atoms with Crippen molar-refractivity contribution in [2.75, 3.05) is 5.75 Å². The molecule has 12 heavy (non-hydrogen) atoms. The van der Waals surface area contributed by atoms with Crippen molar-refractivity contribution in [3.8, 4) is 0 Å². The Morgan fingerprint density at radius 1 is 1.33 bits per heavy atom. The summed E-state index contributed by atoms with van der Waals surface area (Å²) in [6.45, 7) is 0. The minimum atomic E-state index is 0.317. The van der Waals surface area contributed by atoms with Gasteiger partial charge in [-0.25, -0.2) is 0 Å². The molecule has 0 saturated carbocycles. The van der Waals surface area contributed by atoms with E-state index in [4.69, 9.17) is 23.2 Å². The molecule has 0 amide bonds. The third-order valence-corrected chi connectivity index (χ3v) is 2.78. The van der Waals surface area contributed by atoms with E-state index in [0.717, 1.165) is 4.90 Å². The molecule has 0 heterocycles. The maximum Gasteiger partial charge on any atom is 0.209 e. The Hall–Kier alpha value is -0.180. The highest BCUT2D eigenvalue weighted by Crippen LogP contribution is 2.27. The van der Waals surface area contributed by atoms with E-state index in [1.54, 1.807) is 18.4 Å². The van der Waals surface area contributed by atoms with Gasteiger partial charge in [-0.05, 0) is 18.2 Å². The topological polar surface area (TPSA) is 17.1 Å². The van der Waals surface area contributed by atoms with E-state index in [0.29, 0.717) is 15.8 Å². The summed E-state index contributed by atoms with van der Waals surface area (Å²) in [4.78, 5) is 10.8. The van der Waals surface area contributed by atoms with Gasteiger partial charge in [0, 0.05) is 4.90 Å². The molecular weight excluding hydrogens is 215 g/mol. The normalized spacial score (nSPS) is 9.83. The molecule has 0 fully saturated rings. The molecule has 63 valence electrons. The average Bonchev–Trinajstić information content (AvgIpc) is 2.07. The van der Waals surface area contributed by atoms with Gasteiger partial charge in [-0.15, -0.1) is 11.8 Å². The third-order valence-electron chi connectivity index (χ3n) is 1.19. The van der Waals surface area contributed by atoms with Crippen LogP contribution in [0, 0.1) is 0 Å². The quantitative estimate of drug-likeness (QED) is 0.727. The molecule has 0 saturated heterocycles. The second-order valence-electron chi connectivity index (χ2n) is 2.01. The Labute approximate surface area is 85.1 Å². The zero-order valence-corrected chi connectivity index (χ0v) is 8.34. The van der Waals surface area contributed by atoms with Gasteiger partial charge in [-0.3, -0.25) is 4.79 Å². The number of halogens is 2. The highest BCUT2D eigenvalue weighted by molar-refractivity contribution is 7.99. The number of hydrogen-bond acceptors (Lipinski definition) is 2. The van der Waals surface area contributed by atoms with Crippen molar-refractivity contribution in [1.29, 1.82) is 0 Å². The van der Waals surface area contributed by atoms with E-state index in [9.17, 15) is 4.79 Å². The SMILES string of the molecule is O=[C]CSc1ccc(Cl)c(Cl)c1. The number of thioether (sulfide) groups is 1. The van der Waals surface area contributed by atoms with Crippen molar-refractivity contribution in [2.24, 2.45) is 0 Å². The van der Waals surface area contributed by atoms with Crippen LogP contribution in [-0.2, 0) is 4.79 Å². The highest BCUT2D eigenvalue weighted by atomic mass is 35.5. The molecule has 0 atom stereocenters. The summed E-state index contributed by atoms with van der Waals surface area (Å²) in [6, 6.07) is 5.25. The van der Waals surface area contributed by atoms with Gasteiger partial charge in [0.2, 0.25) is 6.29 Å². The van der Waals surface area contributed by atoms with Crippen LogP contribution in [0.25, 0.3) is 0 Å². The number of hydrogen-bond donors (Lipinski definition) is 0. The lowest BCUT2D eigenvalue weighted by molar-refractivity contribution is 0.560. The van der Waals surface area contributed by atoms with Crippen LogP contribution in [0.2, 0.25) is 10.0 Å². The molecule has 1 rings (SSSR count). The third kappa shape index (κ3) is 2.70. The molecule has 1 nitrogen and oxygen atoms in total. The standard InChI is InChI=1S/C8H5Cl2OS/c9-7-2-1-6(5-8(7)10)12-4-3-11/h1-2,5H,4H2. The first-order valence-corrected chi connectivity index (χ1v) is 4.91. The summed E-state index contributed by atoms with van der Waals surface area (Å²) in [5, 5.41) is 1.03. The molecule has 0 N–H and O–H groups in total. The maximum atomic E-state index is 9.93. The Bertz CT molecular complexity index is 288. The van der Waals surface area contributed by atoms with E-state index in [-0.39, 0.29) is 0 Å².